The van der Waals surface area contributed by atoms with Crippen LogP contribution in [0.1, 0.15) is 34.1 Å². The Balaban J connectivity index is 0.00000225. The molecular weight excluding hydrogens is 440 g/mol. The lowest BCUT2D eigenvalue weighted by atomic mass is 9.61. The van der Waals surface area contributed by atoms with E-state index in [0.717, 1.165) is 11.1 Å². The van der Waals surface area contributed by atoms with Crippen LogP contribution in [0.4, 0.5) is 0 Å². The van der Waals surface area contributed by atoms with Gasteiger partial charge in [0.25, 0.3) is 0 Å². The first-order chi connectivity index (χ1) is 13.1. The third-order valence-electron chi connectivity index (χ3n) is 5.51. The van der Waals surface area contributed by atoms with Crippen molar-refractivity contribution in [3.63, 3.8) is 0 Å². The number of benzene rings is 2. The highest BCUT2D eigenvalue weighted by Crippen LogP contribution is 2.66. The van der Waals surface area contributed by atoms with Gasteiger partial charge in [-0.15, -0.1) is 35.6 Å². The van der Waals surface area contributed by atoms with E-state index in [0.29, 0.717) is 0 Å². The van der Waals surface area contributed by atoms with Gasteiger partial charge in [0.15, 0.2) is 0 Å². The van der Waals surface area contributed by atoms with Gasteiger partial charge in [0.1, 0.15) is 0 Å². The van der Waals surface area contributed by atoms with Crippen LogP contribution >= 0.6 is 43.2 Å². The maximum absolute atomic E-state index is 13.9. The van der Waals surface area contributed by atoms with Crippen molar-refractivity contribution < 1.29 is 13.6 Å². The fraction of sp³-hybridized carbons (Fsp3) is 0.400. The molecular formula is C20H23Cl3NO3P. The lowest BCUT2D eigenvalue weighted by Gasteiger charge is -2.50. The topological polar surface area (TPSA) is 61.6 Å². The molecule has 3 aliphatic carbocycles. The minimum atomic E-state index is -3.53. The van der Waals surface area contributed by atoms with E-state index in [4.69, 9.17) is 38.0 Å². The van der Waals surface area contributed by atoms with Crippen LogP contribution in [0.5, 0.6) is 0 Å². The van der Waals surface area contributed by atoms with Crippen molar-refractivity contribution in [1.29, 1.82) is 0 Å². The number of fused-ring (bicyclic) bond motifs is 1. The van der Waals surface area contributed by atoms with Gasteiger partial charge in [-0.05, 0) is 22.3 Å². The van der Waals surface area contributed by atoms with Crippen LogP contribution in [-0.2, 0) is 13.6 Å². The van der Waals surface area contributed by atoms with Gasteiger partial charge in [-0.2, -0.15) is 0 Å². The van der Waals surface area contributed by atoms with Gasteiger partial charge in [-0.1, -0.05) is 48.5 Å². The number of rotatable bonds is 7. The SMILES string of the molecule is Cl.NC1C2c3ccccc3C(c3ccccc32)C1P(=O)(OCCCl)OCCCl. The van der Waals surface area contributed by atoms with E-state index >= 15 is 0 Å². The van der Waals surface area contributed by atoms with Crippen LogP contribution in [-0.4, -0.2) is 36.7 Å². The summed E-state index contributed by atoms with van der Waals surface area (Å²) in [5, 5.41) is 0. The number of alkyl halides is 2. The Morgan fingerprint density at radius 2 is 1.21 bits per heavy atom. The second-order valence-electron chi connectivity index (χ2n) is 6.87. The molecule has 0 heterocycles. The van der Waals surface area contributed by atoms with Crippen LogP contribution < -0.4 is 5.73 Å². The van der Waals surface area contributed by atoms with E-state index < -0.39 is 13.3 Å². The summed E-state index contributed by atoms with van der Waals surface area (Å²) in [5.74, 6) is 0.281. The highest BCUT2D eigenvalue weighted by atomic mass is 35.5. The summed E-state index contributed by atoms with van der Waals surface area (Å²) in [4.78, 5) is 0. The largest absolute Gasteiger partial charge is 0.336 e. The van der Waals surface area contributed by atoms with E-state index in [9.17, 15) is 4.57 Å². The molecule has 2 atom stereocenters. The molecule has 3 aliphatic rings. The molecule has 0 amide bonds. The van der Waals surface area contributed by atoms with Crippen molar-refractivity contribution in [2.45, 2.75) is 23.5 Å². The Hall–Kier alpha value is -0.580. The first kappa shape index (κ1) is 22.1. The predicted molar refractivity (Wildman–Crippen MR) is 117 cm³/mol. The molecule has 152 valence electrons. The van der Waals surface area contributed by atoms with Crippen molar-refractivity contribution in [3.8, 4) is 0 Å². The van der Waals surface area contributed by atoms with E-state index in [1.165, 1.54) is 11.1 Å². The summed E-state index contributed by atoms with van der Waals surface area (Å²) in [6, 6.07) is 16.1. The maximum Gasteiger partial charge on any atom is 0.336 e. The second kappa shape index (κ2) is 9.06. The highest BCUT2D eigenvalue weighted by molar-refractivity contribution is 7.54. The molecule has 2 aromatic rings. The monoisotopic (exact) mass is 461 g/mol. The number of nitrogens with two attached hydrogens (primary N) is 1. The van der Waals surface area contributed by atoms with Crippen LogP contribution in [0.25, 0.3) is 0 Å². The van der Waals surface area contributed by atoms with Gasteiger partial charge in [-0.25, -0.2) is 0 Å². The molecule has 0 radical (unpaired) electrons. The Morgan fingerprint density at radius 3 is 1.61 bits per heavy atom. The smallest absolute Gasteiger partial charge is 0.326 e. The number of halogens is 3. The second-order valence-corrected chi connectivity index (χ2v) is 9.81. The first-order valence-corrected chi connectivity index (χ1v) is 11.7. The normalized spacial score (nSPS) is 25.0. The summed E-state index contributed by atoms with van der Waals surface area (Å²) in [5.41, 5.74) is 11.0. The first-order valence-electron chi connectivity index (χ1n) is 9.06. The molecule has 0 aliphatic heterocycles. The average Bonchev–Trinajstić information content (AvgIpc) is 2.70. The molecule has 0 saturated heterocycles. The highest BCUT2D eigenvalue weighted by Gasteiger charge is 2.56. The summed E-state index contributed by atoms with van der Waals surface area (Å²) in [7, 11) is -3.53. The molecule has 0 saturated carbocycles. The average molecular weight is 463 g/mol. The minimum Gasteiger partial charge on any atom is -0.326 e. The van der Waals surface area contributed by atoms with Gasteiger partial charge in [0.2, 0.25) is 0 Å². The zero-order valence-corrected chi connectivity index (χ0v) is 18.4. The molecule has 2 N–H and O–H groups in total. The van der Waals surface area contributed by atoms with Crippen molar-refractivity contribution in [2.75, 3.05) is 25.0 Å². The Kier molecular flexibility index (Phi) is 7.15. The molecule has 2 aromatic carbocycles. The fourth-order valence-corrected chi connectivity index (χ4v) is 7.38. The predicted octanol–water partition coefficient (Wildman–Crippen LogP) is 5.10. The minimum absolute atomic E-state index is 0. The van der Waals surface area contributed by atoms with Crippen LogP contribution in [0.3, 0.4) is 0 Å². The van der Waals surface area contributed by atoms with Gasteiger partial charge in [-0.3, -0.25) is 4.57 Å². The van der Waals surface area contributed by atoms with Crippen LogP contribution in [0.15, 0.2) is 48.5 Å². The summed E-state index contributed by atoms with van der Waals surface area (Å²) >= 11 is 11.6. The van der Waals surface area contributed by atoms with Crippen molar-refractivity contribution in [1.82, 2.24) is 0 Å². The van der Waals surface area contributed by atoms with Crippen LogP contribution in [0.2, 0.25) is 0 Å². The quantitative estimate of drug-likeness (QED) is 0.459. The van der Waals surface area contributed by atoms with Gasteiger partial charge >= 0.3 is 7.60 Å². The third kappa shape index (κ3) is 3.54. The molecule has 2 unspecified atom stereocenters. The lowest BCUT2D eigenvalue weighted by Crippen LogP contribution is -2.52. The molecule has 28 heavy (non-hydrogen) atoms. The van der Waals surface area contributed by atoms with E-state index in [1.54, 1.807) is 0 Å². The van der Waals surface area contributed by atoms with E-state index in [-0.39, 0.29) is 55.3 Å². The van der Waals surface area contributed by atoms with Gasteiger partial charge < -0.3 is 14.8 Å². The molecule has 0 aromatic heterocycles. The standard InChI is InChI=1S/C20H22Cl2NO3P.ClH/c21-9-11-25-27(24,26-12-10-22)20-18-15-7-3-1-5-13(15)17(19(20)23)14-6-2-4-8-16(14)18;/h1-8,17-20H,9-12,23H2;1H. The zero-order chi connectivity index (χ0) is 19.0. The zero-order valence-electron chi connectivity index (χ0n) is 15.2. The molecule has 2 bridgehead atoms. The number of hydrogen-bond donors (Lipinski definition) is 1. The molecule has 5 rings (SSSR count). The molecule has 8 heteroatoms. The molecule has 0 spiro atoms. The van der Waals surface area contributed by atoms with E-state index in [2.05, 4.69) is 24.3 Å². The summed E-state index contributed by atoms with van der Waals surface area (Å²) in [6.45, 7) is 0.288. The number of hydrogen-bond acceptors (Lipinski definition) is 4. The maximum atomic E-state index is 13.9. The van der Waals surface area contributed by atoms with Crippen LogP contribution in [0, 0.1) is 0 Å². The Labute approximate surface area is 181 Å². The fourth-order valence-electron chi connectivity index (χ4n) is 4.62. The van der Waals surface area contributed by atoms with Crippen molar-refractivity contribution in [3.05, 3.63) is 70.8 Å². The molecule has 4 nitrogen and oxygen atoms in total. The summed E-state index contributed by atoms with van der Waals surface area (Å²) in [6.07, 6.45) is 0. The Bertz CT molecular complexity index is 822. The summed E-state index contributed by atoms with van der Waals surface area (Å²) < 4.78 is 25.3. The third-order valence-corrected chi connectivity index (χ3v) is 8.28. The van der Waals surface area contributed by atoms with Crippen molar-refractivity contribution >= 4 is 43.2 Å². The lowest BCUT2D eigenvalue weighted by molar-refractivity contribution is 0.202. The Morgan fingerprint density at radius 1 is 0.821 bits per heavy atom. The molecule has 0 fully saturated rings. The van der Waals surface area contributed by atoms with Gasteiger partial charge in [0.05, 0.1) is 18.9 Å². The van der Waals surface area contributed by atoms with Gasteiger partial charge in [0, 0.05) is 29.6 Å². The van der Waals surface area contributed by atoms with E-state index in [1.807, 2.05) is 24.3 Å². The van der Waals surface area contributed by atoms with Crippen molar-refractivity contribution in [2.24, 2.45) is 5.73 Å².